The fourth-order valence-corrected chi connectivity index (χ4v) is 1.75. The minimum atomic E-state index is -0.556. The lowest BCUT2D eigenvalue weighted by atomic mass is 10.1. The van der Waals surface area contributed by atoms with Gasteiger partial charge < -0.3 is 5.73 Å². The maximum Gasteiger partial charge on any atom is 0.271 e. The molecule has 1 amide bonds. The molecule has 2 aromatic rings. The fourth-order valence-electron chi connectivity index (χ4n) is 1.75. The number of benzene rings is 2. The molecule has 2 rings (SSSR count). The number of nitro groups is 1. The molecule has 2 aromatic carbocycles. The van der Waals surface area contributed by atoms with E-state index in [1.165, 1.54) is 24.3 Å². The summed E-state index contributed by atoms with van der Waals surface area (Å²) in [5, 5.41) is 14.7. The normalized spacial score (nSPS) is 11.0. The Bertz CT molecular complexity index is 739. The second-order valence-corrected chi connectivity index (χ2v) is 4.57. The Labute approximate surface area is 126 Å². The van der Waals surface area contributed by atoms with Crippen LogP contribution in [0.15, 0.2) is 53.6 Å². The maximum atomic E-state index is 11.9. The van der Waals surface area contributed by atoms with Gasteiger partial charge in [-0.3, -0.25) is 14.9 Å². The maximum absolute atomic E-state index is 11.9. The van der Waals surface area contributed by atoms with E-state index in [2.05, 4.69) is 10.5 Å². The van der Waals surface area contributed by atoms with Crippen LogP contribution in [0.1, 0.15) is 22.8 Å². The highest BCUT2D eigenvalue weighted by Crippen LogP contribution is 2.13. The third-order valence-electron chi connectivity index (χ3n) is 2.97. The number of carbonyl (C=O) groups is 1. The van der Waals surface area contributed by atoms with Crippen molar-refractivity contribution in [2.24, 2.45) is 5.10 Å². The Morgan fingerprint density at radius 2 is 1.86 bits per heavy atom. The number of nitro benzene ring substituents is 1. The standard InChI is InChI=1S/C15H14N4O3/c1-10(11-5-7-13(16)8-6-11)17-18-15(20)12-3-2-4-14(9-12)19(21)22/h2-9H,16H2,1H3,(H,18,20)/b17-10-. The molecule has 3 N–H and O–H groups in total. The first kappa shape index (κ1) is 15.2. The molecule has 0 spiro atoms. The summed E-state index contributed by atoms with van der Waals surface area (Å²) in [4.78, 5) is 22.1. The molecule has 22 heavy (non-hydrogen) atoms. The number of anilines is 1. The van der Waals surface area contributed by atoms with Gasteiger partial charge in [0, 0.05) is 23.4 Å². The van der Waals surface area contributed by atoms with Crippen LogP contribution < -0.4 is 11.2 Å². The smallest absolute Gasteiger partial charge is 0.271 e. The summed E-state index contributed by atoms with van der Waals surface area (Å²) in [6.07, 6.45) is 0. The molecule has 0 fully saturated rings. The number of nitrogens with zero attached hydrogens (tertiary/aromatic N) is 2. The lowest BCUT2D eigenvalue weighted by Gasteiger charge is -2.03. The SMILES string of the molecule is C/C(=N/NC(=O)c1cccc([N+](=O)[O-])c1)c1ccc(N)cc1. The molecule has 0 heterocycles. The topological polar surface area (TPSA) is 111 Å². The number of nitrogens with two attached hydrogens (primary N) is 1. The summed E-state index contributed by atoms with van der Waals surface area (Å²) in [5.74, 6) is -0.515. The van der Waals surface area contributed by atoms with Crippen molar-refractivity contribution >= 4 is 23.0 Å². The molecular formula is C15H14N4O3. The predicted molar refractivity (Wildman–Crippen MR) is 83.6 cm³/mol. The van der Waals surface area contributed by atoms with Crippen LogP contribution in [0, 0.1) is 10.1 Å². The molecule has 7 heteroatoms. The van der Waals surface area contributed by atoms with Crippen molar-refractivity contribution in [3.05, 3.63) is 69.8 Å². The number of carbonyl (C=O) groups excluding carboxylic acids is 1. The number of hydrogen-bond acceptors (Lipinski definition) is 5. The molecule has 0 aliphatic carbocycles. The van der Waals surface area contributed by atoms with Crippen molar-refractivity contribution in [1.82, 2.24) is 5.43 Å². The van der Waals surface area contributed by atoms with E-state index in [9.17, 15) is 14.9 Å². The Hall–Kier alpha value is -3.22. The number of hydrazone groups is 1. The van der Waals surface area contributed by atoms with Crippen LogP contribution in [0.3, 0.4) is 0 Å². The van der Waals surface area contributed by atoms with E-state index in [0.717, 1.165) is 5.56 Å². The van der Waals surface area contributed by atoms with Crippen molar-refractivity contribution in [3.8, 4) is 0 Å². The summed E-state index contributed by atoms with van der Waals surface area (Å²) in [5.41, 5.74) is 10.0. The van der Waals surface area contributed by atoms with Gasteiger partial charge in [-0.25, -0.2) is 5.43 Å². The summed E-state index contributed by atoms with van der Waals surface area (Å²) < 4.78 is 0. The monoisotopic (exact) mass is 298 g/mol. The number of non-ortho nitro benzene ring substituents is 1. The highest BCUT2D eigenvalue weighted by molar-refractivity contribution is 6.01. The van der Waals surface area contributed by atoms with Crippen molar-refractivity contribution in [3.63, 3.8) is 0 Å². The Morgan fingerprint density at radius 3 is 2.50 bits per heavy atom. The molecular weight excluding hydrogens is 284 g/mol. The van der Waals surface area contributed by atoms with Gasteiger partial charge >= 0.3 is 0 Å². The average Bonchev–Trinajstić information content (AvgIpc) is 2.53. The average molecular weight is 298 g/mol. The first-order valence-electron chi connectivity index (χ1n) is 6.42. The third-order valence-corrected chi connectivity index (χ3v) is 2.97. The van der Waals surface area contributed by atoms with Crippen molar-refractivity contribution in [2.75, 3.05) is 5.73 Å². The van der Waals surface area contributed by atoms with Gasteiger partial charge in [-0.15, -0.1) is 0 Å². The molecule has 0 atom stereocenters. The minimum Gasteiger partial charge on any atom is -0.399 e. The molecule has 0 aliphatic heterocycles. The molecule has 0 aliphatic rings. The van der Waals surface area contributed by atoms with E-state index >= 15 is 0 Å². The summed E-state index contributed by atoms with van der Waals surface area (Å²) >= 11 is 0. The van der Waals surface area contributed by atoms with Crippen LogP contribution in [-0.4, -0.2) is 16.5 Å². The molecule has 0 bridgehead atoms. The first-order valence-corrected chi connectivity index (χ1v) is 6.42. The molecule has 0 radical (unpaired) electrons. The zero-order chi connectivity index (χ0) is 16.1. The van der Waals surface area contributed by atoms with Gasteiger partial charge in [0.2, 0.25) is 0 Å². The highest BCUT2D eigenvalue weighted by Gasteiger charge is 2.11. The zero-order valence-electron chi connectivity index (χ0n) is 11.8. The lowest BCUT2D eigenvalue weighted by Crippen LogP contribution is -2.19. The second-order valence-electron chi connectivity index (χ2n) is 4.57. The number of nitrogen functional groups attached to an aromatic ring is 1. The molecule has 0 aromatic heterocycles. The van der Waals surface area contributed by atoms with Crippen molar-refractivity contribution in [1.29, 1.82) is 0 Å². The Balaban J connectivity index is 2.11. The molecule has 7 nitrogen and oxygen atoms in total. The van der Waals surface area contributed by atoms with Gasteiger partial charge in [-0.05, 0) is 30.7 Å². The van der Waals surface area contributed by atoms with E-state index in [4.69, 9.17) is 5.73 Å². The van der Waals surface area contributed by atoms with Gasteiger partial charge in [-0.2, -0.15) is 5.10 Å². The molecule has 0 unspecified atom stereocenters. The lowest BCUT2D eigenvalue weighted by molar-refractivity contribution is -0.384. The van der Waals surface area contributed by atoms with Crippen LogP contribution in [-0.2, 0) is 0 Å². The number of nitrogens with one attached hydrogen (secondary N) is 1. The Morgan fingerprint density at radius 1 is 1.18 bits per heavy atom. The number of rotatable bonds is 4. The van der Waals surface area contributed by atoms with Gasteiger partial charge in [0.25, 0.3) is 11.6 Å². The third kappa shape index (κ3) is 3.66. The van der Waals surface area contributed by atoms with Gasteiger partial charge in [0.05, 0.1) is 10.6 Å². The number of amides is 1. The highest BCUT2D eigenvalue weighted by atomic mass is 16.6. The van der Waals surface area contributed by atoms with E-state index in [1.807, 2.05) is 0 Å². The minimum absolute atomic E-state index is 0.146. The summed E-state index contributed by atoms with van der Waals surface area (Å²) in [6.45, 7) is 1.74. The molecule has 0 saturated carbocycles. The summed E-state index contributed by atoms with van der Waals surface area (Å²) in [7, 11) is 0. The summed E-state index contributed by atoms with van der Waals surface area (Å²) in [6, 6.07) is 12.5. The van der Waals surface area contributed by atoms with E-state index in [1.54, 1.807) is 31.2 Å². The van der Waals surface area contributed by atoms with E-state index in [0.29, 0.717) is 11.4 Å². The fraction of sp³-hybridized carbons (Fsp3) is 0.0667. The van der Waals surface area contributed by atoms with E-state index < -0.39 is 10.8 Å². The van der Waals surface area contributed by atoms with Crippen LogP contribution in [0.25, 0.3) is 0 Å². The van der Waals surface area contributed by atoms with Gasteiger partial charge in [0.1, 0.15) is 0 Å². The first-order chi connectivity index (χ1) is 10.5. The predicted octanol–water partition coefficient (Wildman–Crippen LogP) is 2.33. The van der Waals surface area contributed by atoms with Crippen LogP contribution in [0.5, 0.6) is 0 Å². The second kappa shape index (κ2) is 6.49. The van der Waals surface area contributed by atoms with Crippen LogP contribution >= 0.6 is 0 Å². The Kier molecular flexibility index (Phi) is 4.47. The largest absolute Gasteiger partial charge is 0.399 e. The zero-order valence-corrected chi connectivity index (χ0v) is 11.8. The van der Waals surface area contributed by atoms with E-state index in [-0.39, 0.29) is 11.3 Å². The van der Waals surface area contributed by atoms with Crippen LogP contribution in [0.4, 0.5) is 11.4 Å². The van der Waals surface area contributed by atoms with Crippen molar-refractivity contribution < 1.29 is 9.72 Å². The van der Waals surface area contributed by atoms with Gasteiger partial charge in [0.15, 0.2) is 0 Å². The quantitative estimate of drug-likeness (QED) is 0.390. The van der Waals surface area contributed by atoms with Crippen LogP contribution in [0.2, 0.25) is 0 Å². The number of hydrogen-bond donors (Lipinski definition) is 2. The molecule has 0 saturated heterocycles. The van der Waals surface area contributed by atoms with Gasteiger partial charge in [-0.1, -0.05) is 18.2 Å². The molecule has 112 valence electrons. The van der Waals surface area contributed by atoms with Crippen molar-refractivity contribution in [2.45, 2.75) is 6.92 Å².